The fourth-order valence-electron chi connectivity index (χ4n) is 1.93. The van der Waals surface area contributed by atoms with E-state index >= 15 is 0 Å². The predicted octanol–water partition coefficient (Wildman–Crippen LogP) is 2.23. The number of carbonyl (C=O) groups is 1. The Morgan fingerprint density at radius 1 is 1.25 bits per heavy atom. The van der Waals surface area contributed by atoms with Gasteiger partial charge in [0, 0.05) is 0 Å². The summed E-state index contributed by atoms with van der Waals surface area (Å²) in [6, 6.07) is 11.4. The third kappa shape index (κ3) is 3.96. The molecule has 1 heterocycles. The van der Waals surface area contributed by atoms with Crippen LogP contribution in [-0.4, -0.2) is 17.6 Å². The fraction of sp³-hybridized carbons (Fsp3) is 0.312. The molecule has 1 unspecified atom stereocenters. The molecule has 1 amide bonds. The van der Waals surface area contributed by atoms with Gasteiger partial charge in [0.1, 0.15) is 11.9 Å². The topological polar surface area (TPSA) is 62.5 Å². The van der Waals surface area contributed by atoms with E-state index in [1.54, 1.807) is 12.1 Å². The van der Waals surface area contributed by atoms with Gasteiger partial charge >= 0.3 is 0 Å². The molecule has 0 aliphatic heterocycles. The second-order valence-corrected chi connectivity index (χ2v) is 4.68. The van der Waals surface area contributed by atoms with E-state index in [-0.39, 0.29) is 12.5 Å². The van der Waals surface area contributed by atoms with Crippen LogP contribution in [0.5, 0.6) is 0 Å². The van der Waals surface area contributed by atoms with Gasteiger partial charge in [-0.15, -0.1) is 0 Å². The third-order valence-electron chi connectivity index (χ3n) is 3.16. The Morgan fingerprint density at radius 2 is 1.95 bits per heavy atom. The predicted molar refractivity (Wildman–Crippen MR) is 76.2 cm³/mol. The van der Waals surface area contributed by atoms with Crippen LogP contribution >= 0.6 is 0 Å². The number of hydrogen-bond donors (Lipinski definition) is 2. The first-order valence-electron chi connectivity index (χ1n) is 6.75. The molecule has 4 nitrogen and oxygen atoms in total. The SMILES string of the molecule is CCc1ccc(CC(=O)NCC(O)c2ccco2)cc1. The van der Waals surface area contributed by atoms with Crippen LogP contribution in [0.4, 0.5) is 0 Å². The average Bonchev–Trinajstić information content (AvgIpc) is 3.00. The highest BCUT2D eigenvalue weighted by Gasteiger charge is 2.12. The number of benzene rings is 1. The molecule has 0 fully saturated rings. The van der Waals surface area contributed by atoms with Crippen molar-refractivity contribution in [2.75, 3.05) is 6.54 Å². The van der Waals surface area contributed by atoms with Crippen LogP contribution in [0.2, 0.25) is 0 Å². The molecule has 0 bridgehead atoms. The summed E-state index contributed by atoms with van der Waals surface area (Å²) in [4.78, 5) is 11.8. The van der Waals surface area contributed by atoms with Crippen molar-refractivity contribution in [3.8, 4) is 0 Å². The van der Waals surface area contributed by atoms with Gasteiger partial charge < -0.3 is 14.8 Å². The number of rotatable bonds is 6. The standard InChI is InChI=1S/C16H19NO3/c1-2-12-5-7-13(8-6-12)10-16(19)17-11-14(18)15-4-3-9-20-15/h3-9,14,18H,2,10-11H2,1H3,(H,17,19). The number of aliphatic hydroxyl groups is 1. The van der Waals surface area contributed by atoms with Gasteiger partial charge in [-0.25, -0.2) is 0 Å². The number of aryl methyl sites for hydroxylation is 1. The van der Waals surface area contributed by atoms with Gasteiger partial charge in [-0.2, -0.15) is 0 Å². The normalized spacial score (nSPS) is 12.1. The van der Waals surface area contributed by atoms with Crippen molar-refractivity contribution in [1.29, 1.82) is 0 Å². The van der Waals surface area contributed by atoms with Crippen LogP contribution in [0.3, 0.4) is 0 Å². The maximum absolute atomic E-state index is 11.8. The summed E-state index contributed by atoms with van der Waals surface area (Å²) in [5, 5.41) is 12.5. The first-order chi connectivity index (χ1) is 9.69. The smallest absolute Gasteiger partial charge is 0.224 e. The van der Waals surface area contributed by atoms with E-state index in [1.165, 1.54) is 11.8 Å². The fourth-order valence-corrected chi connectivity index (χ4v) is 1.93. The lowest BCUT2D eigenvalue weighted by atomic mass is 10.1. The van der Waals surface area contributed by atoms with Gasteiger partial charge in [0.05, 0.1) is 19.2 Å². The molecule has 20 heavy (non-hydrogen) atoms. The van der Waals surface area contributed by atoms with E-state index in [9.17, 15) is 9.90 Å². The van der Waals surface area contributed by atoms with E-state index in [0.717, 1.165) is 12.0 Å². The summed E-state index contributed by atoms with van der Waals surface area (Å²) >= 11 is 0. The maximum atomic E-state index is 11.8. The van der Waals surface area contributed by atoms with Crippen molar-refractivity contribution >= 4 is 5.91 Å². The Balaban J connectivity index is 1.80. The number of carbonyl (C=O) groups excluding carboxylic acids is 1. The van der Waals surface area contributed by atoms with Gasteiger partial charge in [-0.05, 0) is 29.7 Å². The Labute approximate surface area is 118 Å². The van der Waals surface area contributed by atoms with Gasteiger partial charge in [0.25, 0.3) is 0 Å². The molecule has 1 aromatic heterocycles. The summed E-state index contributed by atoms with van der Waals surface area (Å²) in [6.07, 6.45) is 1.99. The van der Waals surface area contributed by atoms with E-state index in [4.69, 9.17) is 4.42 Å². The van der Waals surface area contributed by atoms with E-state index in [1.807, 2.05) is 24.3 Å². The summed E-state index contributed by atoms with van der Waals surface area (Å²) in [5.41, 5.74) is 2.22. The number of amides is 1. The molecule has 0 radical (unpaired) electrons. The second-order valence-electron chi connectivity index (χ2n) is 4.68. The molecule has 0 saturated heterocycles. The van der Waals surface area contributed by atoms with Crippen molar-refractivity contribution in [3.63, 3.8) is 0 Å². The minimum absolute atomic E-state index is 0.111. The van der Waals surface area contributed by atoms with Crippen LogP contribution in [0.1, 0.15) is 29.9 Å². The van der Waals surface area contributed by atoms with Crippen molar-refractivity contribution in [1.82, 2.24) is 5.32 Å². The van der Waals surface area contributed by atoms with E-state index < -0.39 is 6.10 Å². The van der Waals surface area contributed by atoms with E-state index in [2.05, 4.69) is 12.2 Å². The lowest BCUT2D eigenvalue weighted by Crippen LogP contribution is -2.29. The first kappa shape index (κ1) is 14.3. The monoisotopic (exact) mass is 273 g/mol. The molecule has 0 aliphatic carbocycles. The van der Waals surface area contributed by atoms with Crippen LogP contribution < -0.4 is 5.32 Å². The van der Waals surface area contributed by atoms with Gasteiger partial charge in [-0.3, -0.25) is 4.79 Å². The minimum Gasteiger partial charge on any atom is -0.467 e. The second kappa shape index (κ2) is 6.91. The van der Waals surface area contributed by atoms with Crippen molar-refractivity contribution in [3.05, 3.63) is 59.5 Å². The highest BCUT2D eigenvalue weighted by molar-refractivity contribution is 5.78. The molecule has 106 valence electrons. The largest absolute Gasteiger partial charge is 0.467 e. The van der Waals surface area contributed by atoms with Crippen LogP contribution in [0.25, 0.3) is 0 Å². The number of nitrogens with one attached hydrogen (secondary N) is 1. The molecule has 2 N–H and O–H groups in total. The average molecular weight is 273 g/mol. The van der Waals surface area contributed by atoms with Crippen LogP contribution in [-0.2, 0) is 17.6 Å². The van der Waals surface area contributed by atoms with Crippen molar-refractivity contribution in [2.24, 2.45) is 0 Å². The van der Waals surface area contributed by atoms with Crippen LogP contribution in [0.15, 0.2) is 47.1 Å². The molecule has 4 heteroatoms. The lowest BCUT2D eigenvalue weighted by molar-refractivity contribution is -0.120. The molecular weight excluding hydrogens is 254 g/mol. The Bertz CT molecular complexity index is 531. The molecular formula is C16H19NO3. The molecule has 0 aliphatic rings. The summed E-state index contributed by atoms with van der Waals surface area (Å²) in [7, 11) is 0. The molecule has 1 aromatic carbocycles. The zero-order chi connectivity index (χ0) is 14.4. The molecule has 2 aromatic rings. The maximum Gasteiger partial charge on any atom is 0.224 e. The number of hydrogen-bond acceptors (Lipinski definition) is 3. The highest BCUT2D eigenvalue weighted by atomic mass is 16.4. The zero-order valence-electron chi connectivity index (χ0n) is 11.5. The Morgan fingerprint density at radius 3 is 2.55 bits per heavy atom. The molecule has 0 spiro atoms. The quantitative estimate of drug-likeness (QED) is 0.848. The zero-order valence-corrected chi connectivity index (χ0v) is 11.5. The summed E-state index contributed by atoms with van der Waals surface area (Å²) < 4.78 is 5.07. The molecule has 0 saturated carbocycles. The number of furan rings is 1. The molecule has 2 rings (SSSR count). The third-order valence-corrected chi connectivity index (χ3v) is 3.16. The summed E-state index contributed by atoms with van der Waals surface area (Å²) in [6.45, 7) is 2.25. The van der Waals surface area contributed by atoms with Gasteiger partial charge in [0.2, 0.25) is 5.91 Å². The Hall–Kier alpha value is -2.07. The van der Waals surface area contributed by atoms with Gasteiger partial charge in [-0.1, -0.05) is 31.2 Å². The highest BCUT2D eigenvalue weighted by Crippen LogP contribution is 2.11. The van der Waals surface area contributed by atoms with Crippen LogP contribution in [0, 0.1) is 0 Å². The minimum atomic E-state index is -0.809. The van der Waals surface area contributed by atoms with E-state index in [0.29, 0.717) is 12.2 Å². The lowest BCUT2D eigenvalue weighted by Gasteiger charge is -2.09. The first-order valence-corrected chi connectivity index (χ1v) is 6.75. The summed E-state index contributed by atoms with van der Waals surface area (Å²) in [5.74, 6) is 0.345. The van der Waals surface area contributed by atoms with Crippen molar-refractivity contribution < 1.29 is 14.3 Å². The molecule has 1 atom stereocenters. The number of aliphatic hydroxyl groups excluding tert-OH is 1. The van der Waals surface area contributed by atoms with Gasteiger partial charge in [0.15, 0.2) is 0 Å². The Kier molecular flexibility index (Phi) is 4.96. The van der Waals surface area contributed by atoms with Crippen molar-refractivity contribution in [2.45, 2.75) is 25.9 Å².